The second kappa shape index (κ2) is 9.23. The van der Waals surface area contributed by atoms with Crippen LogP contribution in [0.3, 0.4) is 0 Å². The van der Waals surface area contributed by atoms with E-state index in [1.54, 1.807) is 13.8 Å². The fourth-order valence-electron chi connectivity index (χ4n) is 3.02. The summed E-state index contributed by atoms with van der Waals surface area (Å²) >= 11 is 0. The zero-order valence-electron chi connectivity index (χ0n) is 17.4. The average Bonchev–Trinajstić information content (AvgIpc) is 3.20. The topological polar surface area (TPSA) is 210 Å². The maximum absolute atomic E-state index is 12.0. The summed E-state index contributed by atoms with van der Waals surface area (Å²) in [7, 11) is -4.69. The van der Waals surface area contributed by atoms with Crippen LogP contribution in [0.25, 0.3) is 5.65 Å². The van der Waals surface area contributed by atoms with Crippen molar-refractivity contribution in [3.63, 3.8) is 0 Å². The molecule has 16 heteroatoms. The minimum atomic E-state index is -4.69. The molecule has 3 rings (SSSR count). The van der Waals surface area contributed by atoms with E-state index in [1.165, 1.54) is 24.0 Å². The third-order valence-corrected chi connectivity index (χ3v) is 5.45. The average molecular weight is 477 g/mol. The van der Waals surface area contributed by atoms with Gasteiger partial charge in [0.2, 0.25) is 6.79 Å². The molecule has 0 spiro atoms. The van der Waals surface area contributed by atoms with Crippen LogP contribution in [0, 0.1) is 0 Å². The number of nitrogen functional groups attached to an aromatic ring is 1. The molecule has 0 aliphatic carbocycles. The van der Waals surface area contributed by atoms with Gasteiger partial charge >= 0.3 is 14.0 Å². The molecule has 1 aliphatic rings. The highest BCUT2D eigenvalue weighted by molar-refractivity contribution is 7.47. The van der Waals surface area contributed by atoms with Crippen LogP contribution < -0.4 is 5.73 Å². The molecule has 1 fully saturated rings. The van der Waals surface area contributed by atoms with Gasteiger partial charge in [0.05, 0.1) is 24.6 Å². The van der Waals surface area contributed by atoms with E-state index in [9.17, 15) is 24.5 Å². The van der Waals surface area contributed by atoms with Crippen LogP contribution >= 0.6 is 7.82 Å². The maximum atomic E-state index is 12.0. The first-order chi connectivity index (χ1) is 14.9. The van der Waals surface area contributed by atoms with Crippen molar-refractivity contribution in [1.29, 1.82) is 0 Å². The van der Waals surface area contributed by atoms with Crippen LogP contribution in [0.4, 0.5) is 10.6 Å². The Morgan fingerprint density at radius 1 is 1.41 bits per heavy atom. The van der Waals surface area contributed by atoms with Crippen LogP contribution in [0.15, 0.2) is 12.5 Å². The molecule has 2 aromatic heterocycles. The van der Waals surface area contributed by atoms with Crippen molar-refractivity contribution in [3.8, 4) is 0 Å². The highest BCUT2D eigenvalue weighted by Gasteiger charge is 2.54. The van der Waals surface area contributed by atoms with Crippen LogP contribution in [0.5, 0.6) is 0 Å². The van der Waals surface area contributed by atoms with E-state index in [-0.39, 0.29) is 17.2 Å². The molecule has 178 valence electrons. The van der Waals surface area contributed by atoms with E-state index in [1.807, 2.05) is 0 Å². The number of aliphatic hydroxyl groups is 2. The van der Waals surface area contributed by atoms with Gasteiger partial charge in [-0.05, 0) is 20.8 Å². The van der Waals surface area contributed by atoms with Gasteiger partial charge in [0.1, 0.15) is 30.2 Å². The van der Waals surface area contributed by atoms with Crippen molar-refractivity contribution >= 4 is 25.4 Å². The zero-order valence-corrected chi connectivity index (χ0v) is 18.3. The number of carbonyl (C=O) groups excluding carboxylic acids is 1. The molecule has 0 bridgehead atoms. The SMILES string of the molecule is CC(C)OC(=O)OCOP(=O)(O)OC[C@H]1O[C@@H](c2cnc3c(N)ncnn23)[C@](C)(O)[C@@H]1O. The Morgan fingerprint density at radius 2 is 2.12 bits per heavy atom. The summed E-state index contributed by atoms with van der Waals surface area (Å²) in [5.41, 5.74) is 4.40. The Kier molecular flexibility index (Phi) is 7.00. The van der Waals surface area contributed by atoms with E-state index in [4.69, 9.17) is 15.0 Å². The van der Waals surface area contributed by atoms with E-state index in [0.717, 1.165) is 0 Å². The Bertz CT molecular complexity index is 1010. The van der Waals surface area contributed by atoms with Gasteiger partial charge in [-0.3, -0.25) is 4.52 Å². The van der Waals surface area contributed by atoms with Crippen molar-refractivity contribution in [3.05, 3.63) is 18.2 Å². The molecule has 32 heavy (non-hydrogen) atoms. The molecular formula is C16H24N5O10P. The number of nitrogens with zero attached hydrogens (tertiary/aromatic N) is 4. The van der Waals surface area contributed by atoms with E-state index in [2.05, 4.69) is 29.1 Å². The van der Waals surface area contributed by atoms with Gasteiger partial charge in [-0.25, -0.2) is 28.4 Å². The predicted octanol–water partition coefficient (Wildman–Crippen LogP) is -0.0890. The van der Waals surface area contributed by atoms with Gasteiger partial charge in [0.25, 0.3) is 0 Å². The first-order valence-corrected chi connectivity index (χ1v) is 10.9. The number of phosphoric ester groups is 1. The van der Waals surface area contributed by atoms with Gasteiger partial charge < -0.3 is 35.1 Å². The molecule has 5 atom stereocenters. The molecule has 5 N–H and O–H groups in total. The third kappa shape index (κ3) is 5.15. The summed E-state index contributed by atoms with van der Waals surface area (Å²) in [5, 5.41) is 25.3. The van der Waals surface area contributed by atoms with Gasteiger partial charge in [0, 0.05) is 0 Å². The number of nitrogens with two attached hydrogens (primary N) is 1. The smallest absolute Gasteiger partial charge is 0.432 e. The van der Waals surface area contributed by atoms with Crippen molar-refractivity contribution < 1.29 is 47.7 Å². The van der Waals surface area contributed by atoms with Crippen LogP contribution in [-0.4, -0.2) is 78.2 Å². The minimum Gasteiger partial charge on any atom is -0.432 e. The Hall–Kier alpha value is -2.39. The van der Waals surface area contributed by atoms with E-state index >= 15 is 0 Å². The standard InChI is InChI=1S/C16H24N5O10P/c1-8(2)30-15(23)27-7-29-32(25,26)28-5-10-11(22)16(3,24)12(31-10)9-4-18-14-13(17)19-6-20-21(9)14/h4,6,8,10-12,22,24H,5,7H2,1-3H3,(H,25,26)(H2,17,19,20)/t10-,11-,12+,16-/m1/s1. The number of aliphatic hydroxyl groups excluding tert-OH is 1. The van der Waals surface area contributed by atoms with Crippen LogP contribution in [-0.2, 0) is 27.8 Å². The molecule has 0 radical (unpaired) electrons. The van der Waals surface area contributed by atoms with Gasteiger partial charge in [0.15, 0.2) is 11.5 Å². The first kappa shape index (κ1) is 24.3. The van der Waals surface area contributed by atoms with Crippen molar-refractivity contribution in [2.24, 2.45) is 0 Å². The van der Waals surface area contributed by atoms with Crippen molar-refractivity contribution in [2.45, 2.75) is 50.8 Å². The lowest BCUT2D eigenvalue weighted by atomic mass is 9.91. The number of anilines is 1. The lowest BCUT2D eigenvalue weighted by Crippen LogP contribution is -2.43. The fourth-order valence-corrected chi connectivity index (χ4v) is 3.62. The second-order valence-corrected chi connectivity index (χ2v) is 8.81. The van der Waals surface area contributed by atoms with Crippen LogP contribution in [0.2, 0.25) is 0 Å². The van der Waals surface area contributed by atoms with Crippen molar-refractivity contribution in [2.75, 3.05) is 19.1 Å². The highest BCUT2D eigenvalue weighted by Crippen LogP contribution is 2.46. The van der Waals surface area contributed by atoms with Crippen LogP contribution in [0.1, 0.15) is 32.6 Å². The molecule has 0 saturated carbocycles. The molecule has 15 nitrogen and oxygen atoms in total. The number of hydrogen-bond acceptors (Lipinski definition) is 13. The molecule has 1 unspecified atom stereocenters. The summed E-state index contributed by atoms with van der Waals surface area (Å²) < 4.78 is 37.5. The number of fused-ring (bicyclic) bond motifs is 1. The zero-order chi connectivity index (χ0) is 23.7. The third-order valence-electron chi connectivity index (χ3n) is 4.55. The lowest BCUT2D eigenvalue weighted by molar-refractivity contribution is -0.0665. The summed E-state index contributed by atoms with van der Waals surface area (Å²) in [4.78, 5) is 28.9. The normalized spacial score (nSPS) is 27.5. The summed E-state index contributed by atoms with van der Waals surface area (Å²) in [6, 6.07) is 0. The molecule has 2 aromatic rings. The summed E-state index contributed by atoms with van der Waals surface area (Å²) in [6.45, 7) is 2.95. The summed E-state index contributed by atoms with van der Waals surface area (Å²) in [6.07, 6.45) is -2.88. The van der Waals surface area contributed by atoms with Gasteiger partial charge in [-0.15, -0.1) is 0 Å². The number of ether oxygens (including phenoxy) is 3. The number of phosphoric acid groups is 1. The first-order valence-electron chi connectivity index (χ1n) is 9.37. The van der Waals surface area contributed by atoms with Crippen molar-refractivity contribution in [1.82, 2.24) is 19.6 Å². The number of rotatable bonds is 8. The predicted molar refractivity (Wildman–Crippen MR) is 104 cm³/mol. The maximum Gasteiger partial charge on any atom is 0.510 e. The Labute approximate surface area is 181 Å². The van der Waals surface area contributed by atoms with Gasteiger partial charge in [-0.1, -0.05) is 0 Å². The number of hydrogen-bond donors (Lipinski definition) is 4. The lowest BCUT2D eigenvalue weighted by Gasteiger charge is -2.26. The number of carbonyl (C=O) groups is 1. The quantitative estimate of drug-likeness (QED) is 0.222. The largest absolute Gasteiger partial charge is 0.510 e. The summed E-state index contributed by atoms with van der Waals surface area (Å²) in [5.74, 6) is 0.0992. The molecule has 1 saturated heterocycles. The molecular weight excluding hydrogens is 453 g/mol. The number of imidazole rings is 1. The second-order valence-electron chi connectivity index (χ2n) is 7.36. The highest BCUT2D eigenvalue weighted by atomic mass is 31.2. The number of aromatic nitrogens is 4. The molecule has 0 amide bonds. The molecule has 1 aliphatic heterocycles. The Morgan fingerprint density at radius 3 is 2.81 bits per heavy atom. The monoisotopic (exact) mass is 477 g/mol. The van der Waals surface area contributed by atoms with E-state index < -0.39 is 57.4 Å². The van der Waals surface area contributed by atoms with E-state index in [0.29, 0.717) is 0 Å². The molecule has 3 heterocycles. The fraction of sp³-hybridized carbons (Fsp3) is 0.625. The minimum absolute atomic E-state index is 0.0992. The van der Waals surface area contributed by atoms with Gasteiger partial charge in [-0.2, -0.15) is 5.10 Å². The molecule has 0 aromatic carbocycles. The Balaban J connectivity index is 1.62.